The molecule has 0 aliphatic carbocycles. The van der Waals surface area contributed by atoms with Crippen LogP contribution in [-0.2, 0) is 28.6 Å². The van der Waals surface area contributed by atoms with Crippen molar-refractivity contribution >= 4 is 17.9 Å². The minimum atomic E-state index is -0.801. The maximum absolute atomic E-state index is 12.9. The van der Waals surface area contributed by atoms with Gasteiger partial charge in [-0.2, -0.15) is 0 Å². The van der Waals surface area contributed by atoms with Crippen LogP contribution in [0.3, 0.4) is 0 Å². The van der Waals surface area contributed by atoms with Gasteiger partial charge in [0.1, 0.15) is 13.2 Å². The first-order valence-electron chi connectivity index (χ1n) is 33.1. The van der Waals surface area contributed by atoms with E-state index >= 15 is 0 Å². The minimum absolute atomic E-state index is 0.0922. The predicted octanol–water partition coefficient (Wildman–Crippen LogP) is 22.7. The molecule has 0 aliphatic heterocycles. The van der Waals surface area contributed by atoms with Crippen LogP contribution in [0.1, 0.15) is 329 Å². The first-order valence-corrected chi connectivity index (χ1v) is 33.1. The normalized spacial score (nSPS) is 12.6. The van der Waals surface area contributed by atoms with Crippen LogP contribution >= 0.6 is 0 Å². The maximum Gasteiger partial charge on any atom is 0.306 e. The second kappa shape index (κ2) is 65.1. The van der Waals surface area contributed by atoms with E-state index in [0.717, 1.165) is 122 Å². The number of rotatable bonds is 60. The van der Waals surface area contributed by atoms with Gasteiger partial charge >= 0.3 is 17.9 Å². The number of hydrogen-bond donors (Lipinski definition) is 0. The van der Waals surface area contributed by atoms with Gasteiger partial charge in [0, 0.05) is 19.3 Å². The molecule has 6 heteroatoms. The fourth-order valence-electron chi connectivity index (χ4n) is 9.44. The number of carbonyl (C=O) groups is 3. The zero-order valence-electron chi connectivity index (χ0n) is 51.0. The van der Waals surface area contributed by atoms with Gasteiger partial charge in [-0.25, -0.2) is 0 Å². The molecule has 0 aromatic rings. The summed E-state index contributed by atoms with van der Waals surface area (Å²) in [6.07, 6.45) is 86.0. The van der Waals surface area contributed by atoms with Crippen LogP contribution < -0.4 is 0 Å². The van der Waals surface area contributed by atoms with Crippen molar-refractivity contribution in [3.63, 3.8) is 0 Å². The number of allylic oxidation sites excluding steroid dienone is 14. The van der Waals surface area contributed by atoms with Crippen molar-refractivity contribution < 1.29 is 28.6 Å². The molecular formula is C71H124O6. The summed E-state index contributed by atoms with van der Waals surface area (Å²) in [5, 5.41) is 0. The van der Waals surface area contributed by atoms with Gasteiger partial charge in [-0.1, -0.05) is 298 Å². The third-order valence-corrected chi connectivity index (χ3v) is 14.4. The van der Waals surface area contributed by atoms with Gasteiger partial charge in [-0.3, -0.25) is 14.4 Å². The Kier molecular flexibility index (Phi) is 62.2. The molecule has 0 bridgehead atoms. The van der Waals surface area contributed by atoms with Crippen molar-refractivity contribution in [3.05, 3.63) is 85.1 Å². The van der Waals surface area contributed by atoms with Crippen LogP contribution in [0, 0.1) is 0 Å². The molecule has 1 atom stereocenters. The Morgan fingerprint density at radius 3 is 0.818 bits per heavy atom. The Morgan fingerprint density at radius 2 is 0.506 bits per heavy atom. The van der Waals surface area contributed by atoms with Crippen molar-refractivity contribution in [2.45, 2.75) is 335 Å². The number of ether oxygens (including phenoxy) is 3. The minimum Gasteiger partial charge on any atom is -0.462 e. The molecule has 0 saturated heterocycles. The number of hydrogen-bond acceptors (Lipinski definition) is 6. The zero-order valence-corrected chi connectivity index (χ0v) is 51.0. The van der Waals surface area contributed by atoms with Gasteiger partial charge in [-0.15, -0.1) is 0 Å². The fourth-order valence-corrected chi connectivity index (χ4v) is 9.44. The van der Waals surface area contributed by atoms with E-state index in [-0.39, 0.29) is 37.5 Å². The fraction of sp³-hybridized carbons (Fsp3) is 0.761. The molecule has 1 unspecified atom stereocenters. The van der Waals surface area contributed by atoms with Crippen molar-refractivity contribution in [3.8, 4) is 0 Å². The van der Waals surface area contributed by atoms with Gasteiger partial charge in [0.25, 0.3) is 0 Å². The van der Waals surface area contributed by atoms with E-state index < -0.39 is 6.10 Å². The van der Waals surface area contributed by atoms with Crippen LogP contribution in [0.5, 0.6) is 0 Å². The molecule has 0 saturated carbocycles. The lowest BCUT2D eigenvalue weighted by Crippen LogP contribution is -2.30. The Balaban J connectivity index is 4.38. The number of unbranched alkanes of at least 4 members (excludes halogenated alkanes) is 35. The Hall–Kier alpha value is -3.41. The maximum atomic E-state index is 12.9. The predicted molar refractivity (Wildman–Crippen MR) is 334 cm³/mol. The molecular weight excluding hydrogens is 949 g/mol. The smallest absolute Gasteiger partial charge is 0.306 e. The molecule has 0 heterocycles. The van der Waals surface area contributed by atoms with Gasteiger partial charge in [0.05, 0.1) is 0 Å². The summed E-state index contributed by atoms with van der Waals surface area (Å²) in [5.41, 5.74) is 0. The molecule has 0 spiro atoms. The van der Waals surface area contributed by atoms with E-state index in [1.807, 2.05) is 0 Å². The average molecular weight is 1070 g/mol. The van der Waals surface area contributed by atoms with Crippen molar-refractivity contribution in [1.82, 2.24) is 0 Å². The summed E-state index contributed by atoms with van der Waals surface area (Å²) in [6, 6.07) is 0. The zero-order chi connectivity index (χ0) is 55.7. The Morgan fingerprint density at radius 1 is 0.273 bits per heavy atom. The summed E-state index contributed by atoms with van der Waals surface area (Å²) >= 11 is 0. The Labute approximate surface area is 477 Å². The summed E-state index contributed by atoms with van der Waals surface area (Å²) in [7, 11) is 0. The van der Waals surface area contributed by atoms with Crippen LogP contribution in [-0.4, -0.2) is 37.2 Å². The summed E-state index contributed by atoms with van der Waals surface area (Å²) in [5.74, 6) is -0.924. The topological polar surface area (TPSA) is 78.9 Å². The summed E-state index contributed by atoms with van der Waals surface area (Å²) < 4.78 is 16.9. The van der Waals surface area contributed by atoms with Crippen molar-refractivity contribution in [1.29, 1.82) is 0 Å². The molecule has 444 valence electrons. The molecule has 0 aromatic carbocycles. The highest BCUT2D eigenvalue weighted by atomic mass is 16.6. The third-order valence-electron chi connectivity index (χ3n) is 14.4. The average Bonchev–Trinajstić information content (AvgIpc) is 3.43. The van der Waals surface area contributed by atoms with Crippen LogP contribution in [0.4, 0.5) is 0 Å². The van der Waals surface area contributed by atoms with Crippen molar-refractivity contribution in [2.75, 3.05) is 13.2 Å². The first-order chi connectivity index (χ1) is 38.0. The lowest BCUT2D eigenvalue weighted by Gasteiger charge is -2.18. The molecule has 6 nitrogen and oxygen atoms in total. The molecule has 0 aromatic heterocycles. The van der Waals surface area contributed by atoms with E-state index in [1.165, 1.54) is 167 Å². The standard InChI is InChI=1S/C71H124O6/c1-4-7-10-13-16-19-22-25-28-31-33-34-35-36-37-39-40-43-46-49-52-55-58-61-64-70(73)76-67-68(66-75-69(72)63-60-57-54-51-48-45-42-30-27-24-21-18-15-12-9-6-3)77-71(74)65-62-59-56-53-50-47-44-41-38-32-29-26-23-20-17-14-11-8-5-2/h8,11,17,20-21,24,26,29-30,38,41-42,47,50,68H,4-7,9-10,12-16,18-19,22-23,25,27-28,31-37,39-40,43-46,48-49,51-67H2,1-3H3/b11-8-,20-17-,24-21-,29-26-,41-38-,42-30-,50-47-. The monoisotopic (exact) mass is 1070 g/mol. The third kappa shape index (κ3) is 63.3. The van der Waals surface area contributed by atoms with E-state index in [4.69, 9.17) is 14.2 Å². The molecule has 0 N–H and O–H groups in total. The first kappa shape index (κ1) is 73.6. The molecule has 0 radical (unpaired) electrons. The summed E-state index contributed by atoms with van der Waals surface area (Å²) in [4.78, 5) is 38.4. The highest BCUT2D eigenvalue weighted by Gasteiger charge is 2.19. The van der Waals surface area contributed by atoms with Crippen LogP contribution in [0.15, 0.2) is 85.1 Å². The molecule has 0 aliphatic rings. The quantitative estimate of drug-likeness (QED) is 0.0261. The van der Waals surface area contributed by atoms with Gasteiger partial charge in [0.2, 0.25) is 0 Å². The SMILES string of the molecule is CC/C=C\C/C=C\C/C=C\C/C=C\C/C=C\CCCCCC(=O)OC(COC(=O)CCCCCCC/C=C\C/C=C\CCCCCC)COC(=O)CCCCCCCCCCCCCCCCCCCCCCCCCC. The lowest BCUT2D eigenvalue weighted by atomic mass is 10.0. The Bertz CT molecular complexity index is 1470. The van der Waals surface area contributed by atoms with Gasteiger partial charge < -0.3 is 14.2 Å². The lowest BCUT2D eigenvalue weighted by molar-refractivity contribution is -0.167. The molecule has 0 amide bonds. The van der Waals surface area contributed by atoms with Gasteiger partial charge in [-0.05, 0) is 96.3 Å². The molecule has 0 fully saturated rings. The van der Waals surface area contributed by atoms with Crippen molar-refractivity contribution in [2.24, 2.45) is 0 Å². The highest BCUT2D eigenvalue weighted by Crippen LogP contribution is 2.17. The van der Waals surface area contributed by atoms with E-state index in [1.54, 1.807) is 0 Å². The summed E-state index contributed by atoms with van der Waals surface area (Å²) in [6.45, 7) is 6.51. The van der Waals surface area contributed by atoms with Gasteiger partial charge in [0.15, 0.2) is 6.10 Å². The second-order valence-electron chi connectivity index (χ2n) is 22.0. The molecule has 77 heavy (non-hydrogen) atoms. The van der Waals surface area contributed by atoms with Crippen LogP contribution in [0.2, 0.25) is 0 Å². The number of esters is 3. The van der Waals surface area contributed by atoms with E-state index in [2.05, 4.69) is 106 Å². The number of carbonyl (C=O) groups excluding carboxylic acids is 3. The molecule has 0 rings (SSSR count). The highest BCUT2D eigenvalue weighted by molar-refractivity contribution is 5.71. The second-order valence-corrected chi connectivity index (χ2v) is 22.0. The van der Waals surface area contributed by atoms with E-state index in [0.29, 0.717) is 12.8 Å². The van der Waals surface area contributed by atoms with E-state index in [9.17, 15) is 14.4 Å². The van der Waals surface area contributed by atoms with Crippen LogP contribution in [0.25, 0.3) is 0 Å². The largest absolute Gasteiger partial charge is 0.462 e.